The summed E-state index contributed by atoms with van der Waals surface area (Å²) in [6.07, 6.45) is -3.07. The van der Waals surface area contributed by atoms with Crippen molar-refractivity contribution < 1.29 is 18.0 Å². The van der Waals surface area contributed by atoms with E-state index in [1.54, 1.807) is 13.2 Å². The fraction of sp³-hybridized carbons (Fsp3) is 0.500. The standard InChI is InChI=1S/C8H9F3N2O/c1-13-3-2-12-7(13)4-6(14)5-8(9,10)11/h2-3H,4-5H2,1H3. The minimum Gasteiger partial charge on any atom is -0.338 e. The molecule has 0 radical (unpaired) electrons. The summed E-state index contributed by atoms with van der Waals surface area (Å²) < 4.78 is 36.9. The van der Waals surface area contributed by atoms with Crippen LogP contribution in [-0.2, 0) is 18.3 Å². The van der Waals surface area contributed by atoms with Crippen LogP contribution in [0.5, 0.6) is 0 Å². The molecule has 78 valence electrons. The molecule has 1 aromatic heterocycles. The van der Waals surface area contributed by atoms with E-state index in [2.05, 4.69) is 4.98 Å². The fourth-order valence-electron chi connectivity index (χ4n) is 1.03. The zero-order chi connectivity index (χ0) is 10.8. The second kappa shape index (κ2) is 3.81. The van der Waals surface area contributed by atoms with Crippen LogP contribution < -0.4 is 0 Å². The summed E-state index contributed by atoms with van der Waals surface area (Å²) in [6, 6.07) is 0. The molecule has 3 nitrogen and oxygen atoms in total. The zero-order valence-corrected chi connectivity index (χ0v) is 7.51. The minimum absolute atomic E-state index is 0.275. The summed E-state index contributed by atoms with van der Waals surface area (Å²) in [5.74, 6) is -0.522. The van der Waals surface area contributed by atoms with Gasteiger partial charge in [-0.3, -0.25) is 4.79 Å². The largest absolute Gasteiger partial charge is 0.395 e. The summed E-state index contributed by atoms with van der Waals surface area (Å²) in [7, 11) is 1.63. The lowest BCUT2D eigenvalue weighted by molar-refractivity contribution is -0.151. The van der Waals surface area contributed by atoms with Gasteiger partial charge in [0, 0.05) is 19.4 Å². The zero-order valence-electron chi connectivity index (χ0n) is 7.51. The summed E-state index contributed by atoms with van der Waals surface area (Å²) in [5.41, 5.74) is 0. The van der Waals surface area contributed by atoms with Crippen molar-refractivity contribution in [2.75, 3.05) is 0 Å². The monoisotopic (exact) mass is 206 g/mol. The van der Waals surface area contributed by atoms with E-state index in [1.807, 2.05) is 0 Å². The van der Waals surface area contributed by atoms with Crippen LogP contribution in [0.4, 0.5) is 13.2 Å². The molecule has 0 bridgehead atoms. The summed E-state index contributed by atoms with van der Waals surface area (Å²) >= 11 is 0. The van der Waals surface area contributed by atoms with Gasteiger partial charge in [0.1, 0.15) is 18.0 Å². The van der Waals surface area contributed by atoms with Gasteiger partial charge < -0.3 is 4.57 Å². The maximum Gasteiger partial charge on any atom is 0.395 e. The Bertz CT molecular complexity index is 330. The maximum absolute atomic E-state index is 11.8. The first-order valence-electron chi connectivity index (χ1n) is 3.93. The first kappa shape index (κ1) is 10.7. The van der Waals surface area contributed by atoms with Crippen LogP contribution in [0.25, 0.3) is 0 Å². The van der Waals surface area contributed by atoms with Gasteiger partial charge in [-0.05, 0) is 0 Å². The number of halogens is 3. The molecule has 0 fully saturated rings. The highest BCUT2D eigenvalue weighted by atomic mass is 19.4. The summed E-state index contributed by atoms with van der Waals surface area (Å²) in [4.78, 5) is 14.7. The molecule has 0 unspecified atom stereocenters. The number of carbonyl (C=O) groups is 1. The van der Waals surface area contributed by atoms with Crippen molar-refractivity contribution in [2.24, 2.45) is 7.05 Å². The lowest BCUT2D eigenvalue weighted by Gasteiger charge is -2.04. The number of aromatic nitrogens is 2. The van der Waals surface area contributed by atoms with Gasteiger partial charge >= 0.3 is 6.18 Å². The van der Waals surface area contributed by atoms with Crippen molar-refractivity contribution in [1.29, 1.82) is 0 Å². The van der Waals surface area contributed by atoms with Gasteiger partial charge in [-0.25, -0.2) is 4.98 Å². The Morgan fingerprint density at radius 2 is 2.21 bits per heavy atom. The number of nitrogens with zero attached hydrogens (tertiary/aromatic N) is 2. The number of hydrogen-bond donors (Lipinski definition) is 0. The Hall–Kier alpha value is -1.33. The van der Waals surface area contributed by atoms with E-state index in [1.165, 1.54) is 10.8 Å². The van der Waals surface area contributed by atoms with Gasteiger partial charge in [-0.2, -0.15) is 13.2 Å². The van der Waals surface area contributed by atoms with Crippen LogP contribution in [0.2, 0.25) is 0 Å². The van der Waals surface area contributed by atoms with E-state index < -0.39 is 18.4 Å². The molecular formula is C8H9F3N2O. The topological polar surface area (TPSA) is 34.9 Å². The molecule has 0 amide bonds. The molecule has 0 aliphatic rings. The van der Waals surface area contributed by atoms with Gasteiger partial charge in [0.15, 0.2) is 0 Å². The summed E-state index contributed by atoms with van der Waals surface area (Å²) in [5, 5.41) is 0. The van der Waals surface area contributed by atoms with Crippen molar-refractivity contribution in [2.45, 2.75) is 19.0 Å². The van der Waals surface area contributed by atoms with Crippen molar-refractivity contribution in [3.8, 4) is 0 Å². The SMILES string of the molecule is Cn1ccnc1CC(=O)CC(F)(F)F. The molecule has 14 heavy (non-hydrogen) atoms. The molecule has 6 heteroatoms. The molecule has 0 aliphatic heterocycles. The molecule has 0 saturated carbocycles. The molecule has 1 aromatic rings. The average molecular weight is 206 g/mol. The third-order valence-electron chi connectivity index (χ3n) is 1.67. The van der Waals surface area contributed by atoms with Crippen molar-refractivity contribution in [3.05, 3.63) is 18.2 Å². The molecular weight excluding hydrogens is 197 g/mol. The van der Waals surface area contributed by atoms with E-state index in [9.17, 15) is 18.0 Å². The van der Waals surface area contributed by atoms with Crippen molar-refractivity contribution in [1.82, 2.24) is 9.55 Å². The number of imidazole rings is 1. The van der Waals surface area contributed by atoms with E-state index in [4.69, 9.17) is 0 Å². The van der Waals surface area contributed by atoms with Crippen LogP contribution >= 0.6 is 0 Å². The Balaban J connectivity index is 2.54. The lowest BCUT2D eigenvalue weighted by atomic mass is 10.2. The molecule has 0 N–H and O–H groups in total. The Kier molecular flexibility index (Phi) is 2.93. The number of ketones is 1. The van der Waals surface area contributed by atoms with Crippen LogP contribution in [0, 0.1) is 0 Å². The van der Waals surface area contributed by atoms with Crippen molar-refractivity contribution >= 4 is 5.78 Å². The highest BCUT2D eigenvalue weighted by molar-refractivity contribution is 5.80. The smallest absolute Gasteiger partial charge is 0.338 e. The van der Waals surface area contributed by atoms with E-state index >= 15 is 0 Å². The lowest BCUT2D eigenvalue weighted by Crippen LogP contribution is -2.17. The van der Waals surface area contributed by atoms with Crippen LogP contribution in [-0.4, -0.2) is 21.5 Å². The minimum atomic E-state index is -4.43. The Morgan fingerprint density at radius 1 is 1.57 bits per heavy atom. The number of alkyl halides is 3. The maximum atomic E-state index is 11.8. The third-order valence-corrected chi connectivity index (χ3v) is 1.67. The van der Waals surface area contributed by atoms with Gasteiger partial charge in [0.25, 0.3) is 0 Å². The van der Waals surface area contributed by atoms with Gasteiger partial charge in [0.05, 0.1) is 6.42 Å². The molecule has 1 rings (SSSR count). The highest BCUT2D eigenvalue weighted by Gasteiger charge is 2.31. The highest BCUT2D eigenvalue weighted by Crippen LogP contribution is 2.20. The molecule has 0 atom stereocenters. The second-order valence-electron chi connectivity index (χ2n) is 2.96. The molecule has 0 aromatic carbocycles. The quantitative estimate of drug-likeness (QED) is 0.750. The van der Waals surface area contributed by atoms with E-state index in [-0.39, 0.29) is 6.42 Å². The van der Waals surface area contributed by atoms with Crippen LogP contribution in [0.1, 0.15) is 12.2 Å². The van der Waals surface area contributed by atoms with Gasteiger partial charge in [-0.1, -0.05) is 0 Å². The fourth-order valence-corrected chi connectivity index (χ4v) is 1.03. The average Bonchev–Trinajstić information content (AvgIpc) is 2.32. The number of hydrogen-bond acceptors (Lipinski definition) is 2. The Labute approximate surface area is 78.6 Å². The first-order chi connectivity index (χ1) is 6.38. The molecule has 1 heterocycles. The third kappa shape index (κ3) is 3.20. The number of rotatable bonds is 3. The number of carbonyl (C=O) groups excluding carboxylic acids is 1. The van der Waals surface area contributed by atoms with Gasteiger partial charge in [0.2, 0.25) is 0 Å². The first-order valence-corrected chi connectivity index (χ1v) is 3.93. The van der Waals surface area contributed by atoms with Crippen molar-refractivity contribution in [3.63, 3.8) is 0 Å². The van der Waals surface area contributed by atoms with E-state index in [0.29, 0.717) is 5.82 Å². The van der Waals surface area contributed by atoms with Crippen LogP contribution in [0.3, 0.4) is 0 Å². The number of Topliss-reactive ketones (excluding diaryl/α,β-unsaturated/α-hetero) is 1. The van der Waals surface area contributed by atoms with Gasteiger partial charge in [-0.15, -0.1) is 0 Å². The summed E-state index contributed by atoms with van der Waals surface area (Å²) in [6.45, 7) is 0. The van der Waals surface area contributed by atoms with E-state index in [0.717, 1.165) is 0 Å². The van der Waals surface area contributed by atoms with Crippen LogP contribution in [0.15, 0.2) is 12.4 Å². The number of aryl methyl sites for hydroxylation is 1. The Morgan fingerprint density at radius 3 is 2.64 bits per heavy atom. The second-order valence-corrected chi connectivity index (χ2v) is 2.96. The molecule has 0 saturated heterocycles. The predicted molar refractivity (Wildman–Crippen MR) is 42.6 cm³/mol. The molecule has 0 spiro atoms. The molecule has 0 aliphatic carbocycles. The predicted octanol–water partition coefficient (Wildman–Crippen LogP) is 1.48. The normalized spacial score (nSPS) is 11.7.